The van der Waals surface area contributed by atoms with Gasteiger partial charge in [-0.3, -0.25) is 77.6 Å². The highest BCUT2D eigenvalue weighted by molar-refractivity contribution is 5.93. The van der Waals surface area contributed by atoms with E-state index in [1.165, 1.54) is 156 Å². The quantitative estimate of drug-likeness (QED) is 0.0459. The van der Waals surface area contributed by atoms with Gasteiger partial charge in [0.05, 0.1) is 26.4 Å². The molecule has 0 spiro atoms. The normalized spacial score (nSPS) is 18.7. The van der Waals surface area contributed by atoms with Crippen molar-refractivity contribution in [3.63, 3.8) is 0 Å². The van der Waals surface area contributed by atoms with E-state index >= 15 is 0 Å². The second kappa shape index (κ2) is 65.5. The summed E-state index contributed by atoms with van der Waals surface area (Å²) in [6.45, 7) is 59.7. The highest BCUT2D eigenvalue weighted by atomic mass is 16.5. The van der Waals surface area contributed by atoms with E-state index in [0.717, 1.165) is 105 Å². The first-order chi connectivity index (χ1) is 52.5. The second-order valence-electron chi connectivity index (χ2n) is 32.0. The molecule has 8 fully saturated rings. The highest BCUT2D eigenvalue weighted by Gasteiger charge is 2.16. The highest BCUT2D eigenvalue weighted by Crippen LogP contribution is 2.12. The van der Waals surface area contributed by atoms with Gasteiger partial charge in [0.2, 0.25) is 23.6 Å². The Balaban J connectivity index is 0.000000629. The van der Waals surface area contributed by atoms with Gasteiger partial charge in [-0.05, 0) is 222 Å². The van der Waals surface area contributed by atoms with Gasteiger partial charge in [0.15, 0.2) is 23.1 Å². The third kappa shape index (κ3) is 59.8. The van der Waals surface area contributed by atoms with Gasteiger partial charge in [-0.1, -0.05) is 117 Å². The van der Waals surface area contributed by atoms with Crippen molar-refractivity contribution in [3.05, 3.63) is 97.2 Å². The molecule has 8 heterocycles. The molecule has 4 N–H and O–H groups in total. The number of hydrogen-bond donors (Lipinski definition) is 4. The number of carbonyl (C=O) groups is 8. The van der Waals surface area contributed by atoms with Crippen LogP contribution in [0.3, 0.4) is 0 Å². The van der Waals surface area contributed by atoms with Crippen LogP contribution in [0.25, 0.3) is 0 Å². The zero-order valence-corrected chi connectivity index (χ0v) is 71.8. The number of morpholine rings is 2. The van der Waals surface area contributed by atoms with E-state index in [2.05, 4.69) is 60.5 Å². The van der Waals surface area contributed by atoms with Gasteiger partial charge in [0.25, 0.3) is 0 Å². The topological polar surface area (TPSA) is 229 Å². The van der Waals surface area contributed by atoms with Crippen molar-refractivity contribution in [2.45, 2.75) is 212 Å². The molecular weight excluding hydrogens is 1390 g/mol. The number of hydrogen-bond acceptors (Lipinski definition) is 18. The predicted octanol–water partition coefficient (Wildman–Crippen LogP) is 10.6. The van der Waals surface area contributed by atoms with Gasteiger partial charge in [-0.25, -0.2) is 0 Å². The number of likely N-dealkylation sites (tertiary alicyclic amines) is 6. The Labute approximate surface area is 668 Å². The SMILES string of the molecule is CC(C)C(=O)/C=C/CN1CCC1.CC(C)C(=O)/C=C/CN1CCCC1.CC(C)C(=O)/C=C/CN1CCCCC1.CC(C)C(=O)/C=C/CN1CCOCC1.CC(C)NC(=O)/C=C/CN1CCC1.CC(C)NC(=O)/C=C/CN1CCCC1.CC(C)NC(=O)/C=C/CN1CCCCC1.CC(C)NC(=O)/C=C/CN1CCOCC1. The summed E-state index contributed by atoms with van der Waals surface area (Å²) in [5, 5.41) is 11.3. The molecule has 0 bridgehead atoms. The van der Waals surface area contributed by atoms with Crippen LogP contribution in [0.5, 0.6) is 0 Å². The van der Waals surface area contributed by atoms with Crippen LogP contribution in [0.15, 0.2) is 97.2 Å². The first-order valence-electron chi connectivity index (χ1n) is 42.2. The summed E-state index contributed by atoms with van der Waals surface area (Å²) in [7, 11) is 0. The number of carbonyl (C=O) groups excluding carboxylic acids is 8. The number of allylic oxidation sites excluding steroid dienone is 4. The smallest absolute Gasteiger partial charge is 0.243 e. The molecule has 0 aliphatic carbocycles. The summed E-state index contributed by atoms with van der Waals surface area (Å²) in [5.41, 5.74) is 0. The Bertz CT molecular complexity index is 2620. The summed E-state index contributed by atoms with van der Waals surface area (Å²) < 4.78 is 10.5. The molecular formula is C88H156N12O10. The summed E-state index contributed by atoms with van der Waals surface area (Å²) in [5.74, 6) is 1.45. The zero-order valence-electron chi connectivity index (χ0n) is 71.8. The molecule has 0 aromatic rings. The van der Waals surface area contributed by atoms with Gasteiger partial charge < -0.3 is 30.7 Å². The van der Waals surface area contributed by atoms with Crippen molar-refractivity contribution in [2.75, 3.05) is 184 Å². The minimum absolute atomic E-state index is 0.00974. The van der Waals surface area contributed by atoms with Crippen LogP contribution in [-0.4, -0.2) is 294 Å². The van der Waals surface area contributed by atoms with Crippen molar-refractivity contribution in [2.24, 2.45) is 23.7 Å². The number of piperidine rings is 2. The number of nitrogens with one attached hydrogen (secondary N) is 4. The molecule has 0 aromatic carbocycles. The Kier molecular flexibility index (Phi) is 60.8. The largest absolute Gasteiger partial charge is 0.379 e. The number of rotatable bonds is 32. The molecule has 22 nitrogen and oxygen atoms in total. The minimum atomic E-state index is -0.0155. The molecule has 628 valence electrons. The zero-order chi connectivity index (χ0) is 81.7. The van der Waals surface area contributed by atoms with Gasteiger partial charge in [-0.15, -0.1) is 0 Å². The van der Waals surface area contributed by atoms with E-state index < -0.39 is 0 Å². The molecule has 110 heavy (non-hydrogen) atoms. The van der Waals surface area contributed by atoms with E-state index in [0.29, 0.717) is 0 Å². The maximum absolute atomic E-state index is 11.3. The van der Waals surface area contributed by atoms with Crippen LogP contribution < -0.4 is 21.3 Å². The third-order valence-electron chi connectivity index (χ3n) is 18.5. The van der Waals surface area contributed by atoms with Gasteiger partial charge >= 0.3 is 0 Å². The van der Waals surface area contributed by atoms with Crippen LogP contribution in [0.4, 0.5) is 0 Å². The maximum atomic E-state index is 11.3. The Morgan fingerprint density at radius 3 is 0.536 bits per heavy atom. The lowest BCUT2D eigenvalue weighted by Gasteiger charge is -2.29. The van der Waals surface area contributed by atoms with E-state index in [-0.39, 0.29) is 94.6 Å². The molecule has 8 saturated heterocycles. The van der Waals surface area contributed by atoms with E-state index in [1.807, 2.05) is 159 Å². The molecule has 0 aromatic heterocycles. The first-order valence-corrected chi connectivity index (χ1v) is 42.2. The standard InChI is InChI=1S/C12H22N2O.C12H21NO.C11H20N2O2.C11H20N2O.C11H19NO2.C11H19NO.C10H18N2O.C10H17NO/c1-11(2)13-12(15)7-6-10-14-8-4-3-5-9-14;1-11(2)12(14)7-6-10-13-8-4-3-5-9-13;1-10(2)12-11(14)4-3-5-13-6-8-15-9-7-13;1-10(2)12-11(14)6-5-9-13-7-3-4-8-13;1-10(2)11(13)4-3-5-12-6-8-14-9-7-12;1-10(2)11(13)6-5-9-12-7-3-4-8-12;1-9(2)11-10(13)5-3-6-12-7-4-8-12;1-9(2)10(12)5-3-6-11-7-4-8-11/h6-7,11H,3-5,8-10H2,1-2H3,(H,13,15);6-7,11H,3-5,8-10H2,1-2H3;3-4,10H,5-9H2,1-2H3,(H,12,14);5-6,10H,3-4,7-9H2,1-2H3,(H,12,14);3-4,10H,5-9H2,1-2H3;5-6,10H,3-4,7-9H2,1-2H3;3,5,9H,4,6-8H2,1-2H3,(H,11,13);3,5,9H,4,6-8H2,1-2H3/b2*7-6+;4-3+;6-5+;4-3+;6-5+;2*5-3+. The fourth-order valence-corrected chi connectivity index (χ4v) is 11.5. The number of ketones is 4. The van der Waals surface area contributed by atoms with Gasteiger partial charge in [0.1, 0.15) is 0 Å². The van der Waals surface area contributed by atoms with Crippen LogP contribution in [0, 0.1) is 23.7 Å². The fourth-order valence-electron chi connectivity index (χ4n) is 11.5. The average Bonchev–Trinajstić information content (AvgIpc) is 1.26. The van der Waals surface area contributed by atoms with E-state index in [1.54, 1.807) is 48.6 Å². The molecule has 0 atom stereocenters. The van der Waals surface area contributed by atoms with Crippen LogP contribution in [-0.2, 0) is 47.8 Å². The monoisotopic (exact) mass is 1540 g/mol. The van der Waals surface area contributed by atoms with Crippen LogP contribution >= 0.6 is 0 Å². The number of nitrogens with zero attached hydrogens (tertiary/aromatic N) is 8. The van der Waals surface area contributed by atoms with Crippen molar-refractivity contribution < 1.29 is 47.8 Å². The number of amides is 4. The minimum Gasteiger partial charge on any atom is -0.379 e. The van der Waals surface area contributed by atoms with Crippen LogP contribution in [0.2, 0.25) is 0 Å². The third-order valence-corrected chi connectivity index (χ3v) is 18.5. The Morgan fingerprint density at radius 2 is 0.382 bits per heavy atom. The lowest BCUT2D eigenvalue weighted by Crippen LogP contribution is -2.37. The molecule has 22 heteroatoms. The molecule has 0 unspecified atom stereocenters. The van der Waals surface area contributed by atoms with E-state index in [4.69, 9.17) is 9.47 Å². The average molecular weight is 1540 g/mol. The van der Waals surface area contributed by atoms with Gasteiger partial charge in [0, 0.05) is 151 Å². The Morgan fingerprint density at radius 1 is 0.227 bits per heavy atom. The molecule has 0 saturated carbocycles. The molecule has 0 radical (unpaired) electrons. The van der Waals surface area contributed by atoms with E-state index in [9.17, 15) is 38.4 Å². The summed E-state index contributed by atoms with van der Waals surface area (Å²) in [4.78, 5) is 108. The second-order valence-corrected chi connectivity index (χ2v) is 32.0. The summed E-state index contributed by atoms with van der Waals surface area (Å²) in [6, 6.07) is 0.864. The van der Waals surface area contributed by atoms with Crippen molar-refractivity contribution in [1.29, 1.82) is 0 Å². The maximum Gasteiger partial charge on any atom is 0.243 e. The van der Waals surface area contributed by atoms with Crippen molar-refractivity contribution >= 4 is 46.8 Å². The lowest BCUT2D eigenvalue weighted by molar-refractivity contribution is -0.118. The van der Waals surface area contributed by atoms with Gasteiger partial charge in [-0.2, -0.15) is 0 Å². The first kappa shape index (κ1) is 102. The lowest BCUT2D eigenvalue weighted by atomic mass is 10.1. The molecule has 8 rings (SSSR count). The Hall–Kier alpha value is -5.92. The number of ether oxygens (including phenoxy) is 2. The molecule has 4 amide bonds. The van der Waals surface area contributed by atoms with Crippen molar-refractivity contribution in [3.8, 4) is 0 Å². The summed E-state index contributed by atoms with van der Waals surface area (Å²) >= 11 is 0. The van der Waals surface area contributed by atoms with Crippen LogP contribution in [0.1, 0.15) is 188 Å². The summed E-state index contributed by atoms with van der Waals surface area (Å²) in [6.07, 6.45) is 44.8. The predicted molar refractivity (Wildman–Crippen MR) is 454 cm³/mol. The van der Waals surface area contributed by atoms with Crippen molar-refractivity contribution in [1.82, 2.24) is 60.5 Å². The fraction of sp³-hybridized carbons (Fsp3) is 0.727. The molecule has 8 aliphatic rings. The molecule has 8 aliphatic heterocycles.